The van der Waals surface area contributed by atoms with Crippen LogP contribution in [0.2, 0.25) is 0 Å². The summed E-state index contributed by atoms with van der Waals surface area (Å²) in [5.41, 5.74) is -0.176. The Morgan fingerprint density at radius 2 is 2.17 bits per heavy atom. The third-order valence-corrected chi connectivity index (χ3v) is 4.37. The Morgan fingerprint density at radius 1 is 1.42 bits per heavy atom. The number of amides is 1. The monoisotopic (exact) mass is 341 g/mol. The molecule has 0 aromatic heterocycles. The van der Waals surface area contributed by atoms with Crippen LogP contribution in [-0.4, -0.2) is 37.6 Å². The molecule has 1 unspecified atom stereocenters. The summed E-state index contributed by atoms with van der Waals surface area (Å²) in [7, 11) is 0. The van der Waals surface area contributed by atoms with Crippen molar-refractivity contribution in [2.24, 2.45) is 5.92 Å². The molecule has 1 aromatic rings. The highest BCUT2D eigenvalue weighted by Crippen LogP contribution is 2.15. The molecule has 3 atom stereocenters. The topological polar surface area (TPSA) is 59.8 Å². The summed E-state index contributed by atoms with van der Waals surface area (Å²) in [6, 6.07) is 2.44. The minimum Gasteiger partial charge on any atom is -0.466 e. The first kappa shape index (κ1) is 18.3. The Labute approximate surface area is 140 Å². The molecule has 1 heterocycles. The highest BCUT2D eigenvalue weighted by Gasteiger charge is 2.35. The maximum atomic E-state index is 13.6. The first-order chi connectivity index (χ1) is 11.4. The summed E-state index contributed by atoms with van der Waals surface area (Å²) >= 11 is 0. The molecule has 24 heavy (non-hydrogen) atoms. The van der Waals surface area contributed by atoms with Gasteiger partial charge in [-0.15, -0.1) is 0 Å². The van der Waals surface area contributed by atoms with Crippen molar-refractivity contribution in [3.05, 3.63) is 29.8 Å². The van der Waals surface area contributed by atoms with Gasteiger partial charge in [0.15, 0.2) is 6.04 Å². The molecule has 1 aliphatic heterocycles. The number of carbonyl (C=O) groups is 2. The zero-order valence-corrected chi connectivity index (χ0v) is 13.9. The lowest BCUT2D eigenvalue weighted by Gasteiger charge is -2.32. The Hall–Kier alpha value is -2.02. The molecular weight excluding hydrogens is 318 g/mol. The molecule has 2 N–H and O–H groups in total. The molecule has 0 aliphatic carbocycles. The number of halogens is 2. The second-order valence-electron chi connectivity index (χ2n) is 6.04. The minimum absolute atomic E-state index is 0.176. The maximum Gasteiger partial charge on any atom is 0.314 e. The van der Waals surface area contributed by atoms with Crippen LogP contribution in [-0.2, 0) is 14.3 Å². The highest BCUT2D eigenvalue weighted by atomic mass is 19.1. The van der Waals surface area contributed by atoms with Gasteiger partial charge in [-0.25, -0.2) is 8.78 Å². The molecule has 132 valence electrons. The van der Waals surface area contributed by atoms with E-state index < -0.39 is 23.6 Å². The van der Waals surface area contributed by atoms with Gasteiger partial charge in [-0.05, 0) is 38.8 Å². The van der Waals surface area contributed by atoms with E-state index in [1.165, 1.54) is 0 Å². The molecule has 0 saturated carbocycles. The first-order valence-corrected chi connectivity index (χ1v) is 8.19. The Balaban J connectivity index is 1.99. The molecule has 2 rings (SSSR count). The van der Waals surface area contributed by atoms with Crippen molar-refractivity contribution in [1.29, 1.82) is 0 Å². The number of quaternary nitrogens is 1. The number of hydrogen-bond donors (Lipinski definition) is 2. The van der Waals surface area contributed by atoms with E-state index in [0.29, 0.717) is 13.2 Å². The second-order valence-corrected chi connectivity index (χ2v) is 6.04. The SMILES string of the molecule is CCOC(=O)[C@@H]1CCC[NH+]([C@@H](C)C(=O)Nc2cc(F)ccc2F)C1. The van der Waals surface area contributed by atoms with E-state index in [4.69, 9.17) is 4.74 Å². The van der Waals surface area contributed by atoms with Crippen molar-refractivity contribution in [2.45, 2.75) is 32.7 Å². The van der Waals surface area contributed by atoms with E-state index >= 15 is 0 Å². The zero-order valence-electron chi connectivity index (χ0n) is 13.9. The van der Waals surface area contributed by atoms with Crippen LogP contribution in [0, 0.1) is 17.6 Å². The van der Waals surface area contributed by atoms with Crippen LogP contribution < -0.4 is 10.2 Å². The number of carbonyl (C=O) groups excluding carboxylic acids is 2. The third-order valence-electron chi connectivity index (χ3n) is 4.37. The lowest BCUT2D eigenvalue weighted by molar-refractivity contribution is -0.921. The number of piperidine rings is 1. The summed E-state index contributed by atoms with van der Waals surface area (Å²) in [4.78, 5) is 25.2. The van der Waals surface area contributed by atoms with Crippen LogP contribution in [0.3, 0.4) is 0 Å². The lowest BCUT2D eigenvalue weighted by atomic mass is 9.97. The van der Waals surface area contributed by atoms with Gasteiger partial charge in [0.1, 0.15) is 17.6 Å². The molecule has 1 aromatic carbocycles. The van der Waals surface area contributed by atoms with Gasteiger partial charge in [0.2, 0.25) is 0 Å². The molecular formula is C17H23F2N2O3+. The highest BCUT2D eigenvalue weighted by molar-refractivity contribution is 5.93. The van der Waals surface area contributed by atoms with Crippen LogP contribution >= 0.6 is 0 Å². The normalized spacial score (nSPS) is 21.8. The number of ether oxygens (including phenoxy) is 1. The zero-order chi connectivity index (χ0) is 17.7. The molecule has 1 fully saturated rings. The molecule has 7 heteroatoms. The smallest absolute Gasteiger partial charge is 0.314 e. The van der Waals surface area contributed by atoms with E-state index in [2.05, 4.69) is 5.32 Å². The summed E-state index contributed by atoms with van der Waals surface area (Å²) in [5, 5.41) is 2.43. The van der Waals surface area contributed by atoms with E-state index in [-0.39, 0.29) is 17.6 Å². The molecule has 5 nitrogen and oxygen atoms in total. The summed E-state index contributed by atoms with van der Waals surface area (Å²) in [6.45, 7) is 5.05. The molecule has 0 spiro atoms. The van der Waals surface area contributed by atoms with Crippen LogP contribution in [0.25, 0.3) is 0 Å². The van der Waals surface area contributed by atoms with Crippen molar-refractivity contribution in [3.63, 3.8) is 0 Å². The predicted molar refractivity (Wildman–Crippen MR) is 84.5 cm³/mol. The summed E-state index contributed by atoms with van der Waals surface area (Å²) in [5.74, 6) is -2.17. The van der Waals surface area contributed by atoms with Gasteiger partial charge < -0.3 is 15.0 Å². The van der Waals surface area contributed by atoms with Gasteiger partial charge in [-0.3, -0.25) is 9.59 Å². The van der Waals surface area contributed by atoms with Gasteiger partial charge in [-0.1, -0.05) is 0 Å². The predicted octanol–water partition coefficient (Wildman–Crippen LogP) is 1.15. The molecule has 1 amide bonds. The van der Waals surface area contributed by atoms with E-state index in [0.717, 1.165) is 42.5 Å². The molecule has 1 saturated heterocycles. The molecule has 0 radical (unpaired) electrons. The van der Waals surface area contributed by atoms with E-state index in [9.17, 15) is 18.4 Å². The average molecular weight is 341 g/mol. The van der Waals surface area contributed by atoms with Crippen molar-refractivity contribution in [3.8, 4) is 0 Å². The fourth-order valence-corrected chi connectivity index (χ4v) is 2.97. The van der Waals surface area contributed by atoms with Gasteiger partial charge in [0.05, 0.1) is 25.4 Å². The van der Waals surface area contributed by atoms with Gasteiger partial charge in [0, 0.05) is 6.07 Å². The number of anilines is 1. The Morgan fingerprint density at radius 3 is 2.88 bits per heavy atom. The van der Waals surface area contributed by atoms with Gasteiger partial charge in [0.25, 0.3) is 5.91 Å². The maximum absolute atomic E-state index is 13.6. The number of rotatable bonds is 5. The first-order valence-electron chi connectivity index (χ1n) is 8.19. The molecule has 1 aliphatic rings. The third kappa shape index (κ3) is 4.50. The number of nitrogens with one attached hydrogen (secondary N) is 2. The molecule has 0 bridgehead atoms. The summed E-state index contributed by atoms with van der Waals surface area (Å²) < 4.78 is 31.9. The van der Waals surface area contributed by atoms with Crippen molar-refractivity contribution in [1.82, 2.24) is 0 Å². The van der Waals surface area contributed by atoms with Gasteiger partial charge >= 0.3 is 5.97 Å². The van der Waals surface area contributed by atoms with Gasteiger partial charge in [-0.2, -0.15) is 0 Å². The number of benzene rings is 1. The van der Waals surface area contributed by atoms with Crippen LogP contribution in [0.1, 0.15) is 26.7 Å². The Bertz CT molecular complexity index is 609. The fraction of sp³-hybridized carbons (Fsp3) is 0.529. The van der Waals surface area contributed by atoms with E-state index in [1.807, 2.05) is 0 Å². The van der Waals surface area contributed by atoms with Crippen molar-refractivity contribution < 1.29 is 28.0 Å². The number of likely N-dealkylation sites (tertiary alicyclic amines) is 1. The standard InChI is InChI=1S/C17H22F2N2O3/c1-3-24-17(23)12-5-4-8-21(10-12)11(2)16(22)20-15-9-13(18)6-7-14(15)19/h6-7,9,11-12H,3-5,8,10H2,1-2H3,(H,20,22)/p+1/t11-,12+/m0/s1. The fourth-order valence-electron chi connectivity index (χ4n) is 2.97. The van der Waals surface area contributed by atoms with Crippen LogP contribution in [0.5, 0.6) is 0 Å². The van der Waals surface area contributed by atoms with Crippen LogP contribution in [0.4, 0.5) is 14.5 Å². The number of hydrogen-bond acceptors (Lipinski definition) is 3. The quantitative estimate of drug-likeness (QED) is 0.790. The largest absolute Gasteiger partial charge is 0.466 e. The minimum atomic E-state index is -0.685. The Kier molecular flexibility index (Phi) is 6.25. The lowest BCUT2D eigenvalue weighted by Crippen LogP contribution is -3.18. The number of esters is 1. The average Bonchev–Trinajstić information content (AvgIpc) is 2.57. The van der Waals surface area contributed by atoms with E-state index in [1.54, 1.807) is 13.8 Å². The summed E-state index contributed by atoms with van der Waals surface area (Å²) in [6.07, 6.45) is 1.56. The second kappa shape index (κ2) is 8.19. The van der Waals surface area contributed by atoms with Crippen molar-refractivity contribution >= 4 is 17.6 Å². The van der Waals surface area contributed by atoms with Crippen molar-refractivity contribution in [2.75, 3.05) is 25.0 Å². The van der Waals surface area contributed by atoms with Crippen LogP contribution in [0.15, 0.2) is 18.2 Å².